The number of benzene rings is 1. The molecule has 1 aromatic carbocycles. The summed E-state index contributed by atoms with van der Waals surface area (Å²) >= 11 is 0. The van der Waals surface area contributed by atoms with Crippen molar-refractivity contribution in [3.05, 3.63) is 24.3 Å². The monoisotopic (exact) mass is 319 g/mol. The van der Waals surface area contributed by atoms with E-state index in [2.05, 4.69) is 10.0 Å². The smallest absolute Gasteiger partial charge is 0.238 e. The van der Waals surface area contributed by atoms with Crippen molar-refractivity contribution in [2.45, 2.75) is 23.0 Å². The molecule has 1 heterocycles. The standard InChI is InChI=1S/C11H17N3O4S2/c12-19(15,16)10-3-1-9(2-4-10)14-20(17,18)11-5-7-13-8-6-11/h1-4,11,13-14H,5-8H2,(H2,12,15,16). The number of piperidine rings is 1. The Morgan fingerprint density at radius 3 is 2.10 bits per heavy atom. The zero-order valence-corrected chi connectivity index (χ0v) is 12.4. The van der Waals surface area contributed by atoms with Crippen LogP contribution in [0.4, 0.5) is 5.69 Å². The predicted octanol–water partition coefficient (Wildman–Crippen LogP) is -0.172. The molecule has 1 aliphatic heterocycles. The van der Waals surface area contributed by atoms with E-state index in [9.17, 15) is 16.8 Å². The van der Waals surface area contributed by atoms with Crippen LogP contribution in [0.3, 0.4) is 0 Å². The molecule has 20 heavy (non-hydrogen) atoms. The second-order valence-electron chi connectivity index (χ2n) is 4.67. The van der Waals surface area contributed by atoms with E-state index in [-0.39, 0.29) is 4.90 Å². The number of nitrogens with one attached hydrogen (secondary N) is 2. The number of rotatable bonds is 4. The van der Waals surface area contributed by atoms with Gasteiger partial charge in [0.2, 0.25) is 20.0 Å². The largest absolute Gasteiger partial charge is 0.317 e. The fourth-order valence-corrected chi connectivity index (χ4v) is 4.07. The van der Waals surface area contributed by atoms with E-state index in [0.717, 1.165) is 0 Å². The van der Waals surface area contributed by atoms with Gasteiger partial charge in [-0.3, -0.25) is 4.72 Å². The van der Waals surface area contributed by atoms with Crippen molar-refractivity contribution in [1.29, 1.82) is 0 Å². The highest BCUT2D eigenvalue weighted by atomic mass is 32.2. The van der Waals surface area contributed by atoms with Crippen LogP contribution in [0.2, 0.25) is 0 Å². The molecule has 1 aromatic rings. The Hall–Kier alpha value is -1.16. The van der Waals surface area contributed by atoms with Gasteiger partial charge in [-0.1, -0.05) is 0 Å². The lowest BCUT2D eigenvalue weighted by Crippen LogP contribution is -2.38. The molecule has 2 rings (SSSR count). The summed E-state index contributed by atoms with van der Waals surface area (Å²) in [5, 5.41) is 7.65. The normalized spacial score (nSPS) is 17.9. The molecule has 0 bridgehead atoms. The molecule has 9 heteroatoms. The Morgan fingerprint density at radius 2 is 1.60 bits per heavy atom. The van der Waals surface area contributed by atoms with Crippen LogP contribution in [0.15, 0.2) is 29.2 Å². The van der Waals surface area contributed by atoms with Gasteiger partial charge in [-0.05, 0) is 50.2 Å². The minimum Gasteiger partial charge on any atom is -0.317 e. The summed E-state index contributed by atoms with van der Waals surface area (Å²) < 4.78 is 49.0. The van der Waals surface area contributed by atoms with Gasteiger partial charge >= 0.3 is 0 Å². The summed E-state index contributed by atoms with van der Waals surface area (Å²) in [6.07, 6.45) is 1.12. The first-order valence-corrected chi connectivity index (χ1v) is 9.23. The van der Waals surface area contributed by atoms with Gasteiger partial charge in [0.15, 0.2) is 0 Å². The minimum absolute atomic E-state index is 0.0534. The first-order valence-electron chi connectivity index (χ1n) is 6.14. The van der Waals surface area contributed by atoms with Crippen LogP contribution in [0.1, 0.15) is 12.8 Å². The molecule has 0 amide bonds. The summed E-state index contributed by atoms with van der Waals surface area (Å²) in [6.45, 7) is 1.35. The van der Waals surface area contributed by atoms with Gasteiger partial charge in [0.1, 0.15) is 0 Å². The quantitative estimate of drug-likeness (QED) is 0.712. The van der Waals surface area contributed by atoms with Crippen molar-refractivity contribution < 1.29 is 16.8 Å². The van der Waals surface area contributed by atoms with E-state index in [1.165, 1.54) is 24.3 Å². The van der Waals surface area contributed by atoms with Gasteiger partial charge in [-0.15, -0.1) is 0 Å². The van der Waals surface area contributed by atoms with E-state index in [1.54, 1.807) is 0 Å². The van der Waals surface area contributed by atoms with Crippen LogP contribution in [0.5, 0.6) is 0 Å². The van der Waals surface area contributed by atoms with Crippen molar-refractivity contribution in [3.8, 4) is 0 Å². The third-order valence-electron chi connectivity index (χ3n) is 3.17. The Kier molecular flexibility index (Phi) is 4.33. The van der Waals surface area contributed by atoms with E-state index >= 15 is 0 Å². The summed E-state index contributed by atoms with van der Waals surface area (Å²) in [7, 11) is -7.22. The van der Waals surface area contributed by atoms with Gasteiger partial charge in [-0.25, -0.2) is 22.0 Å². The van der Waals surface area contributed by atoms with E-state index < -0.39 is 25.3 Å². The van der Waals surface area contributed by atoms with E-state index in [0.29, 0.717) is 31.6 Å². The van der Waals surface area contributed by atoms with Crippen LogP contribution < -0.4 is 15.2 Å². The zero-order valence-electron chi connectivity index (χ0n) is 10.7. The van der Waals surface area contributed by atoms with Gasteiger partial charge in [0, 0.05) is 5.69 Å². The van der Waals surface area contributed by atoms with Crippen molar-refractivity contribution in [2.24, 2.45) is 5.14 Å². The van der Waals surface area contributed by atoms with Crippen molar-refractivity contribution >= 4 is 25.7 Å². The maximum atomic E-state index is 12.2. The predicted molar refractivity (Wildman–Crippen MR) is 76.2 cm³/mol. The summed E-state index contributed by atoms with van der Waals surface area (Å²) in [4.78, 5) is -0.0534. The molecule has 0 unspecified atom stereocenters. The molecule has 4 N–H and O–H groups in total. The second kappa shape index (κ2) is 5.68. The third kappa shape index (κ3) is 3.69. The number of hydrogen-bond donors (Lipinski definition) is 3. The highest BCUT2D eigenvalue weighted by Crippen LogP contribution is 2.19. The van der Waals surface area contributed by atoms with Crippen LogP contribution in [-0.2, 0) is 20.0 Å². The average Bonchev–Trinajstić information content (AvgIpc) is 2.39. The lowest BCUT2D eigenvalue weighted by atomic mass is 10.2. The SMILES string of the molecule is NS(=O)(=O)c1ccc(NS(=O)(=O)C2CCNCC2)cc1. The van der Waals surface area contributed by atoms with Crippen molar-refractivity contribution in [3.63, 3.8) is 0 Å². The van der Waals surface area contributed by atoms with Crippen LogP contribution >= 0.6 is 0 Å². The molecule has 1 fully saturated rings. The topological polar surface area (TPSA) is 118 Å². The first-order chi connectivity index (χ1) is 9.29. The molecule has 7 nitrogen and oxygen atoms in total. The maximum absolute atomic E-state index is 12.2. The second-order valence-corrected chi connectivity index (χ2v) is 8.19. The molecule has 0 aromatic heterocycles. The maximum Gasteiger partial charge on any atom is 0.238 e. The zero-order chi connectivity index (χ0) is 14.8. The van der Waals surface area contributed by atoms with Gasteiger partial charge in [0.25, 0.3) is 0 Å². The summed E-state index contributed by atoms with van der Waals surface area (Å²) in [5.74, 6) is 0. The van der Waals surface area contributed by atoms with E-state index in [1.807, 2.05) is 0 Å². The summed E-state index contributed by atoms with van der Waals surface area (Å²) in [5.41, 5.74) is 0.330. The van der Waals surface area contributed by atoms with Crippen molar-refractivity contribution in [1.82, 2.24) is 5.32 Å². The number of primary sulfonamides is 1. The highest BCUT2D eigenvalue weighted by molar-refractivity contribution is 7.93. The lowest BCUT2D eigenvalue weighted by molar-refractivity contribution is 0.499. The van der Waals surface area contributed by atoms with Gasteiger partial charge < -0.3 is 5.32 Å². The minimum atomic E-state index is -3.77. The third-order valence-corrected chi connectivity index (χ3v) is 5.97. The first kappa shape index (κ1) is 15.2. The fraction of sp³-hybridized carbons (Fsp3) is 0.455. The molecule has 0 spiro atoms. The van der Waals surface area contributed by atoms with Crippen molar-refractivity contribution in [2.75, 3.05) is 17.8 Å². The molecule has 0 saturated carbocycles. The Labute approximate surface area is 118 Å². The lowest BCUT2D eigenvalue weighted by Gasteiger charge is -2.23. The molecule has 0 radical (unpaired) electrons. The number of sulfonamides is 2. The number of hydrogen-bond acceptors (Lipinski definition) is 5. The van der Waals surface area contributed by atoms with E-state index in [4.69, 9.17) is 5.14 Å². The molecular weight excluding hydrogens is 302 g/mol. The Morgan fingerprint density at radius 1 is 1.05 bits per heavy atom. The Bertz CT molecular complexity index is 662. The average molecular weight is 319 g/mol. The molecular formula is C11H17N3O4S2. The molecule has 1 aliphatic rings. The molecule has 0 atom stereocenters. The number of anilines is 1. The molecule has 1 saturated heterocycles. The van der Waals surface area contributed by atoms with Crippen LogP contribution in [0, 0.1) is 0 Å². The highest BCUT2D eigenvalue weighted by Gasteiger charge is 2.27. The number of nitrogens with two attached hydrogens (primary N) is 1. The fourth-order valence-electron chi connectivity index (χ4n) is 2.07. The molecule has 112 valence electrons. The molecule has 0 aliphatic carbocycles. The van der Waals surface area contributed by atoms with Gasteiger partial charge in [0.05, 0.1) is 10.1 Å². The Balaban J connectivity index is 2.13. The van der Waals surface area contributed by atoms with Gasteiger partial charge in [-0.2, -0.15) is 0 Å². The summed E-state index contributed by atoms with van der Waals surface area (Å²) in [6, 6.07) is 5.32. The van der Waals surface area contributed by atoms with Crippen LogP contribution in [-0.4, -0.2) is 35.2 Å². The van der Waals surface area contributed by atoms with Crippen LogP contribution in [0.25, 0.3) is 0 Å².